The van der Waals surface area contributed by atoms with Gasteiger partial charge in [-0.2, -0.15) is 0 Å². The smallest absolute Gasteiger partial charge is 0.262 e. The van der Waals surface area contributed by atoms with E-state index in [-0.39, 0.29) is 12.5 Å². The van der Waals surface area contributed by atoms with Gasteiger partial charge in [-0.05, 0) is 54.4 Å². The number of carbonyl (C=O) groups excluding carboxylic acids is 1. The first-order valence-electron chi connectivity index (χ1n) is 8.67. The summed E-state index contributed by atoms with van der Waals surface area (Å²) in [6, 6.07) is 22.9. The number of para-hydroxylation sites is 1. The van der Waals surface area contributed by atoms with E-state index in [9.17, 15) is 4.79 Å². The first-order valence-corrected chi connectivity index (χ1v) is 9.04. The molecule has 4 nitrogen and oxygen atoms in total. The minimum Gasteiger partial charge on any atom is -0.484 e. The van der Waals surface area contributed by atoms with Crippen molar-refractivity contribution in [3.8, 4) is 5.75 Å². The summed E-state index contributed by atoms with van der Waals surface area (Å²) in [5, 5.41) is 6.81. The van der Waals surface area contributed by atoms with E-state index >= 15 is 0 Å². The minimum absolute atomic E-state index is 0.0365. The molecule has 1 amide bonds. The number of amides is 1. The second kappa shape index (κ2) is 9.10. The van der Waals surface area contributed by atoms with Gasteiger partial charge in [0.2, 0.25) is 0 Å². The summed E-state index contributed by atoms with van der Waals surface area (Å²) in [4.78, 5) is 12.0. The lowest BCUT2D eigenvalue weighted by molar-refractivity contribution is -0.118. The van der Waals surface area contributed by atoms with E-state index in [4.69, 9.17) is 16.3 Å². The van der Waals surface area contributed by atoms with Gasteiger partial charge in [-0.25, -0.2) is 0 Å². The van der Waals surface area contributed by atoms with Crippen LogP contribution in [0.15, 0.2) is 72.8 Å². The molecular formula is C22H21ClN2O2. The fourth-order valence-corrected chi connectivity index (χ4v) is 2.78. The SMILES string of the molecule is Cc1cccc(NC(=O)COc2ccc(CNc3ccccc3Cl)cc2)c1. The number of benzene rings is 3. The number of halogens is 1. The third-order valence-electron chi connectivity index (χ3n) is 3.95. The molecular weight excluding hydrogens is 360 g/mol. The van der Waals surface area contributed by atoms with Crippen molar-refractivity contribution in [1.29, 1.82) is 0 Å². The first kappa shape index (κ1) is 18.8. The Bertz CT molecular complexity index is 910. The number of rotatable bonds is 7. The molecule has 27 heavy (non-hydrogen) atoms. The van der Waals surface area contributed by atoms with Gasteiger partial charge in [-0.3, -0.25) is 4.79 Å². The Hall–Kier alpha value is -2.98. The Morgan fingerprint density at radius 2 is 1.78 bits per heavy atom. The van der Waals surface area contributed by atoms with Crippen molar-refractivity contribution in [3.05, 3.63) is 88.9 Å². The maximum Gasteiger partial charge on any atom is 0.262 e. The molecule has 0 radical (unpaired) electrons. The van der Waals surface area contributed by atoms with Gasteiger partial charge in [0, 0.05) is 12.2 Å². The zero-order valence-corrected chi connectivity index (χ0v) is 15.8. The third-order valence-corrected chi connectivity index (χ3v) is 4.28. The van der Waals surface area contributed by atoms with Crippen LogP contribution in [0.1, 0.15) is 11.1 Å². The van der Waals surface area contributed by atoms with Crippen molar-refractivity contribution in [1.82, 2.24) is 0 Å². The number of ether oxygens (including phenoxy) is 1. The lowest BCUT2D eigenvalue weighted by atomic mass is 10.2. The quantitative estimate of drug-likeness (QED) is 0.586. The molecule has 2 N–H and O–H groups in total. The summed E-state index contributed by atoms with van der Waals surface area (Å²) in [7, 11) is 0. The van der Waals surface area contributed by atoms with Crippen LogP contribution in [0.5, 0.6) is 5.75 Å². The predicted octanol–water partition coefficient (Wildman–Crippen LogP) is 5.28. The molecule has 0 atom stereocenters. The highest BCUT2D eigenvalue weighted by Gasteiger charge is 2.04. The Balaban J connectivity index is 1.47. The number of aryl methyl sites for hydroxylation is 1. The molecule has 0 bridgehead atoms. The van der Waals surface area contributed by atoms with Crippen LogP contribution in [0.2, 0.25) is 5.02 Å². The monoisotopic (exact) mass is 380 g/mol. The Morgan fingerprint density at radius 1 is 1.00 bits per heavy atom. The van der Waals surface area contributed by atoms with E-state index < -0.39 is 0 Å². The van der Waals surface area contributed by atoms with Gasteiger partial charge >= 0.3 is 0 Å². The normalized spacial score (nSPS) is 10.3. The van der Waals surface area contributed by atoms with Crippen molar-refractivity contribution < 1.29 is 9.53 Å². The molecule has 138 valence electrons. The second-order valence-corrected chi connectivity index (χ2v) is 6.59. The second-order valence-electron chi connectivity index (χ2n) is 6.18. The van der Waals surface area contributed by atoms with E-state index in [2.05, 4.69) is 10.6 Å². The van der Waals surface area contributed by atoms with E-state index in [0.717, 1.165) is 22.5 Å². The third kappa shape index (κ3) is 5.76. The predicted molar refractivity (Wildman–Crippen MR) is 111 cm³/mol. The van der Waals surface area contributed by atoms with Crippen LogP contribution in [0, 0.1) is 6.92 Å². The van der Waals surface area contributed by atoms with Gasteiger partial charge in [0.05, 0.1) is 10.7 Å². The van der Waals surface area contributed by atoms with Crippen molar-refractivity contribution in [2.24, 2.45) is 0 Å². The molecule has 0 unspecified atom stereocenters. The number of anilines is 2. The van der Waals surface area contributed by atoms with Gasteiger partial charge < -0.3 is 15.4 Å². The van der Waals surface area contributed by atoms with Crippen LogP contribution in [-0.2, 0) is 11.3 Å². The summed E-state index contributed by atoms with van der Waals surface area (Å²) >= 11 is 6.13. The molecule has 0 heterocycles. The average molecular weight is 381 g/mol. The highest BCUT2D eigenvalue weighted by Crippen LogP contribution is 2.21. The van der Waals surface area contributed by atoms with Crippen LogP contribution in [-0.4, -0.2) is 12.5 Å². The molecule has 3 aromatic rings. The average Bonchev–Trinajstić information content (AvgIpc) is 2.67. The molecule has 0 spiro atoms. The Morgan fingerprint density at radius 3 is 2.52 bits per heavy atom. The molecule has 0 saturated heterocycles. The number of hydrogen-bond acceptors (Lipinski definition) is 3. The van der Waals surface area contributed by atoms with Crippen molar-refractivity contribution in [3.63, 3.8) is 0 Å². The lowest BCUT2D eigenvalue weighted by Gasteiger charge is -2.10. The van der Waals surface area contributed by atoms with E-state index in [0.29, 0.717) is 17.3 Å². The topological polar surface area (TPSA) is 50.4 Å². The molecule has 0 aromatic heterocycles. The lowest BCUT2D eigenvalue weighted by Crippen LogP contribution is -2.20. The number of carbonyl (C=O) groups is 1. The molecule has 0 aliphatic heterocycles. The molecule has 0 saturated carbocycles. The van der Waals surface area contributed by atoms with Gasteiger partial charge in [0.15, 0.2) is 6.61 Å². The molecule has 0 fully saturated rings. The van der Waals surface area contributed by atoms with Crippen LogP contribution in [0.3, 0.4) is 0 Å². The van der Waals surface area contributed by atoms with Crippen LogP contribution in [0.25, 0.3) is 0 Å². The molecule has 0 aliphatic rings. The van der Waals surface area contributed by atoms with E-state index in [1.165, 1.54) is 0 Å². The van der Waals surface area contributed by atoms with Crippen molar-refractivity contribution >= 4 is 28.9 Å². The zero-order valence-electron chi connectivity index (χ0n) is 15.0. The molecule has 3 aromatic carbocycles. The number of nitrogens with one attached hydrogen (secondary N) is 2. The van der Waals surface area contributed by atoms with Crippen LogP contribution in [0.4, 0.5) is 11.4 Å². The largest absolute Gasteiger partial charge is 0.484 e. The Kier molecular flexibility index (Phi) is 6.34. The minimum atomic E-state index is -0.190. The summed E-state index contributed by atoms with van der Waals surface area (Å²) in [6.45, 7) is 2.59. The van der Waals surface area contributed by atoms with Gasteiger partial charge in [-0.1, -0.05) is 48.0 Å². The summed E-state index contributed by atoms with van der Waals surface area (Å²) < 4.78 is 5.55. The molecule has 5 heteroatoms. The summed E-state index contributed by atoms with van der Waals surface area (Å²) in [6.07, 6.45) is 0. The molecule has 0 aliphatic carbocycles. The highest BCUT2D eigenvalue weighted by molar-refractivity contribution is 6.33. The summed E-state index contributed by atoms with van der Waals surface area (Å²) in [5.74, 6) is 0.459. The summed E-state index contributed by atoms with van der Waals surface area (Å²) in [5.41, 5.74) is 3.85. The van der Waals surface area contributed by atoms with Gasteiger partial charge in [0.25, 0.3) is 5.91 Å². The zero-order chi connectivity index (χ0) is 19.1. The Labute approximate surface area is 164 Å². The van der Waals surface area contributed by atoms with Gasteiger partial charge in [0.1, 0.15) is 5.75 Å². The fraction of sp³-hybridized carbons (Fsp3) is 0.136. The van der Waals surface area contributed by atoms with E-state index in [1.807, 2.05) is 79.7 Å². The highest BCUT2D eigenvalue weighted by atomic mass is 35.5. The van der Waals surface area contributed by atoms with Crippen LogP contribution < -0.4 is 15.4 Å². The van der Waals surface area contributed by atoms with E-state index in [1.54, 1.807) is 0 Å². The first-order chi connectivity index (χ1) is 13.1. The fourth-order valence-electron chi connectivity index (χ4n) is 2.57. The standard InChI is InChI=1S/C22H21ClN2O2/c1-16-5-4-6-18(13-16)25-22(26)15-27-19-11-9-17(10-12-19)14-24-21-8-3-2-7-20(21)23/h2-13,24H,14-15H2,1H3,(H,25,26). The maximum atomic E-state index is 12.0. The molecule has 3 rings (SSSR count). The van der Waals surface area contributed by atoms with Gasteiger partial charge in [-0.15, -0.1) is 0 Å². The van der Waals surface area contributed by atoms with Crippen molar-refractivity contribution in [2.45, 2.75) is 13.5 Å². The number of hydrogen-bond donors (Lipinski definition) is 2. The maximum absolute atomic E-state index is 12.0. The van der Waals surface area contributed by atoms with Crippen molar-refractivity contribution in [2.75, 3.05) is 17.2 Å². The van der Waals surface area contributed by atoms with Crippen LogP contribution >= 0.6 is 11.6 Å².